The van der Waals surface area contributed by atoms with E-state index < -0.39 is 0 Å². The maximum Gasteiger partial charge on any atom is 0.203 e. The molecule has 0 saturated carbocycles. The molecule has 0 aliphatic heterocycles. The third-order valence-corrected chi connectivity index (χ3v) is 4.95. The van der Waals surface area contributed by atoms with Crippen LogP contribution >= 0.6 is 0 Å². The number of nitrogens with zero attached hydrogens (tertiary/aromatic N) is 2. The van der Waals surface area contributed by atoms with E-state index in [1.54, 1.807) is 7.11 Å². The van der Waals surface area contributed by atoms with Gasteiger partial charge in [0, 0.05) is 42.9 Å². The summed E-state index contributed by atoms with van der Waals surface area (Å²) in [4.78, 5) is 7.96. The smallest absolute Gasteiger partial charge is 0.203 e. The number of ether oxygens (including phenoxy) is 2. The van der Waals surface area contributed by atoms with Gasteiger partial charge in [0.05, 0.1) is 25.1 Å². The first-order valence-electron chi connectivity index (χ1n) is 9.86. The largest absolute Gasteiger partial charge is 0.494 e. The lowest BCUT2D eigenvalue weighted by Crippen LogP contribution is -2.11. The molecule has 4 rings (SSSR count). The summed E-state index contributed by atoms with van der Waals surface area (Å²) in [7, 11) is 1.71. The molecule has 2 heterocycles. The molecule has 0 bridgehead atoms. The van der Waals surface area contributed by atoms with Gasteiger partial charge in [0.25, 0.3) is 0 Å². The number of fused-ring (bicyclic) bond motifs is 1. The topological polar surface area (TPSA) is 64.1 Å². The van der Waals surface area contributed by atoms with E-state index in [-0.39, 0.29) is 0 Å². The molecule has 2 N–H and O–H groups in total. The van der Waals surface area contributed by atoms with Gasteiger partial charge >= 0.3 is 0 Å². The number of rotatable bonds is 9. The summed E-state index contributed by atoms with van der Waals surface area (Å²) in [6.07, 6.45) is 3.95. The highest BCUT2D eigenvalue weighted by atomic mass is 16.5. The SMILES string of the molecule is CCOc1ccc(-c2cnc(NCc3c[nH]c4ccccc34)n2CCOC)cc1. The molecule has 29 heavy (non-hydrogen) atoms. The van der Waals surface area contributed by atoms with Crippen LogP contribution in [0.4, 0.5) is 5.95 Å². The van der Waals surface area contributed by atoms with Crippen LogP contribution in [0.25, 0.3) is 22.2 Å². The zero-order chi connectivity index (χ0) is 20.1. The number of benzene rings is 2. The van der Waals surface area contributed by atoms with Crippen molar-refractivity contribution in [2.75, 3.05) is 25.6 Å². The molecule has 0 saturated heterocycles. The van der Waals surface area contributed by atoms with Crippen molar-refractivity contribution in [3.63, 3.8) is 0 Å². The summed E-state index contributed by atoms with van der Waals surface area (Å²) in [5.74, 6) is 1.70. The molecule has 2 aromatic heterocycles. The Bertz CT molecular complexity index is 1070. The Kier molecular flexibility index (Phi) is 5.81. The van der Waals surface area contributed by atoms with E-state index in [4.69, 9.17) is 9.47 Å². The Morgan fingerprint density at radius 1 is 1.10 bits per heavy atom. The van der Waals surface area contributed by atoms with Crippen LogP contribution in [0.15, 0.2) is 60.9 Å². The van der Waals surface area contributed by atoms with E-state index in [1.807, 2.05) is 37.5 Å². The normalized spacial score (nSPS) is 11.1. The van der Waals surface area contributed by atoms with Crippen LogP contribution in [0.5, 0.6) is 5.75 Å². The standard InChI is InChI=1S/C23H26N4O2/c1-3-29-19-10-8-17(9-11-19)22-16-26-23(27(22)12-13-28-2)25-15-18-14-24-21-7-5-4-6-20(18)21/h4-11,14,16,24H,3,12-13,15H2,1-2H3,(H,25,26). The monoisotopic (exact) mass is 390 g/mol. The number of anilines is 1. The highest BCUT2D eigenvalue weighted by Crippen LogP contribution is 2.26. The van der Waals surface area contributed by atoms with Gasteiger partial charge in [-0.05, 0) is 42.8 Å². The minimum Gasteiger partial charge on any atom is -0.494 e. The molecule has 0 unspecified atom stereocenters. The Hall–Kier alpha value is -3.25. The van der Waals surface area contributed by atoms with Gasteiger partial charge in [0.1, 0.15) is 5.75 Å². The van der Waals surface area contributed by atoms with Crippen molar-refractivity contribution < 1.29 is 9.47 Å². The molecule has 2 aromatic carbocycles. The highest BCUT2D eigenvalue weighted by molar-refractivity contribution is 5.83. The number of nitrogens with one attached hydrogen (secondary N) is 2. The van der Waals surface area contributed by atoms with Gasteiger partial charge in [-0.15, -0.1) is 0 Å². The fourth-order valence-corrected chi connectivity index (χ4v) is 3.50. The van der Waals surface area contributed by atoms with E-state index in [2.05, 4.69) is 50.2 Å². The molecule has 0 aliphatic rings. The lowest BCUT2D eigenvalue weighted by Gasteiger charge is -2.13. The first-order chi connectivity index (χ1) is 14.3. The van der Waals surface area contributed by atoms with Gasteiger partial charge in [-0.1, -0.05) is 18.2 Å². The zero-order valence-corrected chi connectivity index (χ0v) is 16.8. The summed E-state index contributed by atoms with van der Waals surface area (Å²) in [6.45, 7) is 4.67. The second-order valence-electron chi connectivity index (χ2n) is 6.78. The third kappa shape index (κ3) is 4.12. The van der Waals surface area contributed by atoms with Crippen molar-refractivity contribution in [3.05, 3.63) is 66.5 Å². The van der Waals surface area contributed by atoms with Crippen LogP contribution in [0.1, 0.15) is 12.5 Å². The summed E-state index contributed by atoms with van der Waals surface area (Å²) >= 11 is 0. The van der Waals surface area contributed by atoms with Crippen LogP contribution < -0.4 is 10.1 Å². The average Bonchev–Trinajstić information content (AvgIpc) is 3.35. The summed E-state index contributed by atoms with van der Waals surface area (Å²) in [5, 5.41) is 4.71. The van der Waals surface area contributed by atoms with Gasteiger partial charge in [0.15, 0.2) is 0 Å². The zero-order valence-electron chi connectivity index (χ0n) is 16.8. The van der Waals surface area contributed by atoms with Crippen molar-refractivity contribution in [3.8, 4) is 17.0 Å². The maximum absolute atomic E-state index is 5.55. The lowest BCUT2D eigenvalue weighted by atomic mass is 10.1. The van der Waals surface area contributed by atoms with Crippen molar-refractivity contribution in [2.45, 2.75) is 20.0 Å². The van der Waals surface area contributed by atoms with Crippen LogP contribution in [0.3, 0.4) is 0 Å². The van der Waals surface area contributed by atoms with E-state index in [1.165, 1.54) is 10.9 Å². The molecule has 0 fully saturated rings. The number of aromatic nitrogens is 3. The van der Waals surface area contributed by atoms with Gasteiger partial charge < -0.3 is 24.3 Å². The number of H-pyrrole nitrogens is 1. The Balaban J connectivity index is 1.58. The van der Waals surface area contributed by atoms with Crippen molar-refractivity contribution in [1.29, 1.82) is 0 Å². The third-order valence-electron chi connectivity index (χ3n) is 4.95. The Morgan fingerprint density at radius 2 is 1.93 bits per heavy atom. The second-order valence-corrected chi connectivity index (χ2v) is 6.78. The van der Waals surface area contributed by atoms with E-state index in [0.29, 0.717) is 19.8 Å². The van der Waals surface area contributed by atoms with Crippen molar-refractivity contribution >= 4 is 16.9 Å². The Labute approximate surface area is 170 Å². The second kappa shape index (κ2) is 8.84. The van der Waals surface area contributed by atoms with Gasteiger partial charge in [-0.2, -0.15) is 0 Å². The van der Waals surface area contributed by atoms with Crippen molar-refractivity contribution in [1.82, 2.24) is 14.5 Å². The molecule has 0 aliphatic carbocycles. The molecule has 6 nitrogen and oxygen atoms in total. The summed E-state index contributed by atoms with van der Waals surface area (Å²) in [5.41, 5.74) is 4.50. The molecule has 4 aromatic rings. The molecule has 0 spiro atoms. The quantitative estimate of drug-likeness (QED) is 0.435. The lowest BCUT2D eigenvalue weighted by molar-refractivity contribution is 0.188. The van der Waals surface area contributed by atoms with E-state index >= 15 is 0 Å². The average molecular weight is 390 g/mol. The molecule has 150 valence electrons. The molecule has 6 heteroatoms. The van der Waals surface area contributed by atoms with Crippen LogP contribution in [-0.4, -0.2) is 34.9 Å². The molecular formula is C23H26N4O2. The summed E-state index contributed by atoms with van der Waals surface area (Å²) in [6, 6.07) is 16.4. The van der Waals surface area contributed by atoms with E-state index in [0.717, 1.165) is 35.0 Å². The Morgan fingerprint density at radius 3 is 2.72 bits per heavy atom. The van der Waals surface area contributed by atoms with Gasteiger partial charge in [-0.3, -0.25) is 0 Å². The van der Waals surface area contributed by atoms with Crippen molar-refractivity contribution in [2.24, 2.45) is 0 Å². The number of para-hydroxylation sites is 1. The first kappa shape index (κ1) is 19.1. The number of methoxy groups -OCH3 is 1. The fourth-order valence-electron chi connectivity index (χ4n) is 3.50. The first-order valence-corrected chi connectivity index (χ1v) is 9.86. The number of imidazole rings is 1. The van der Waals surface area contributed by atoms with Gasteiger partial charge in [-0.25, -0.2) is 4.98 Å². The summed E-state index contributed by atoms with van der Waals surface area (Å²) < 4.78 is 13.0. The van der Waals surface area contributed by atoms with E-state index in [9.17, 15) is 0 Å². The minimum atomic E-state index is 0.613. The molecule has 0 radical (unpaired) electrons. The number of aromatic amines is 1. The molecule has 0 atom stereocenters. The van der Waals surface area contributed by atoms with Crippen LogP contribution in [0, 0.1) is 0 Å². The number of hydrogen-bond donors (Lipinski definition) is 2. The van der Waals surface area contributed by atoms with Crippen LogP contribution in [-0.2, 0) is 17.8 Å². The molecular weight excluding hydrogens is 364 g/mol. The molecule has 0 amide bonds. The highest BCUT2D eigenvalue weighted by Gasteiger charge is 2.13. The van der Waals surface area contributed by atoms with Gasteiger partial charge in [0.2, 0.25) is 5.95 Å². The number of hydrogen-bond acceptors (Lipinski definition) is 4. The maximum atomic E-state index is 5.55. The fraction of sp³-hybridized carbons (Fsp3) is 0.261. The predicted molar refractivity (Wildman–Crippen MR) is 116 cm³/mol. The minimum absolute atomic E-state index is 0.613. The predicted octanol–water partition coefficient (Wildman–Crippen LogP) is 4.69. The van der Waals surface area contributed by atoms with Crippen LogP contribution in [0.2, 0.25) is 0 Å².